The quantitative estimate of drug-likeness (QED) is 0.343. The van der Waals surface area contributed by atoms with Crippen LogP contribution in [0.25, 0.3) is 0 Å². The van der Waals surface area contributed by atoms with Crippen molar-refractivity contribution in [1.29, 1.82) is 0 Å². The molecule has 0 radical (unpaired) electrons. The van der Waals surface area contributed by atoms with E-state index >= 15 is 17.6 Å². The Hall–Kier alpha value is -1.39. The van der Waals surface area contributed by atoms with Crippen LogP contribution in [0.15, 0.2) is 46.6 Å². The lowest BCUT2D eigenvalue weighted by atomic mass is 9.80. The van der Waals surface area contributed by atoms with Gasteiger partial charge in [0, 0.05) is 0 Å². The molecule has 0 aromatic heterocycles. The van der Waals surface area contributed by atoms with Crippen LogP contribution in [0, 0.1) is 11.8 Å². The first-order valence-electron chi connectivity index (χ1n) is 10.7. The number of allylic oxidation sites excluding steroid dienone is 6. The van der Waals surface area contributed by atoms with E-state index in [1.54, 1.807) is 0 Å². The second-order valence-corrected chi connectivity index (χ2v) is 10.5. The van der Waals surface area contributed by atoms with E-state index in [2.05, 4.69) is 0 Å². The zero-order chi connectivity index (χ0) is 24.3. The van der Waals surface area contributed by atoms with Gasteiger partial charge in [0.15, 0.2) is 59.0 Å². The maximum atomic E-state index is 15.5. The maximum Gasteiger partial charge on any atom is 0.196 e. The van der Waals surface area contributed by atoms with Crippen molar-refractivity contribution in [1.82, 2.24) is 0 Å². The topological polar surface area (TPSA) is 0 Å². The summed E-state index contributed by atoms with van der Waals surface area (Å²) in [6.07, 6.45) is -5.12. The van der Waals surface area contributed by atoms with E-state index in [1.807, 2.05) is 0 Å². The predicted molar refractivity (Wildman–Crippen MR) is 104 cm³/mol. The molecule has 0 nitrogen and oxygen atoms in total. The predicted octanol–water partition coefficient (Wildman–Crippen LogP) is 8.88. The van der Waals surface area contributed by atoms with Crippen LogP contribution >= 0.6 is 11.8 Å². The Morgan fingerprint density at radius 1 is 0.515 bits per heavy atom. The fourth-order valence-corrected chi connectivity index (χ4v) is 7.82. The Bertz CT molecular complexity index is 880. The summed E-state index contributed by atoms with van der Waals surface area (Å²) < 4.78 is 141. The minimum absolute atomic E-state index is 0.0266. The van der Waals surface area contributed by atoms with Gasteiger partial charge in [-0.2, -0.15) is 0 Å². The van der Waals surface area contributed by atoms with Gasteiger partial charge in [-0.3, -0.25) is 0 Å². The average Bonchev–Trinajstić information content (AvgIpc) is 3.54. The smallest absolute Gasteiger partial charge is 0.196 e. The molecule has 11 heteroatoms. The SMILES string of the molecule is FC1=C(F)C(F)C(SC2(C3CCCC3)C(F)=C(F)C(F)=C(F)C2F)(C2CCCC2)C(F)=C1F. The highest BCUT2D eigenvalue weighted by Crippen LogP contribution is 2.66. The van der Waals surface area contributed by atoms with Crippen molar-refractivity contribution in [3.05, 3.63) is 46.6 Å². The molecule has 2 fully saturated rings. The lowest BCUT2D eigenvalue weighted by Gasteiger charge is -2.50. The number of hydrogen-bond donors (Lipinski definition) is 0. The van der Waals surface area contributed by atoms with Crippen molar-refractivity contribution >= 4 is 11.8 Å². The van der Waals surface area contributed by atoms with Crippen molar-refractivity contribution in [2.24, 2.45) is 11.8 Å². The third kappa shape index (κ3) is 3.34. The van der Waals surface area contributed by atoms with Crippen LogP contribution in [0.4, 0.5) is 43.9 Å². The minimum atomic E-state index is -3.22. The van der Waals surface area contributed by atoms with Crippen LogP contribution in [-0.2, 0) is 0 Å². The second-order valence-electron chi connectivity index (χ2n) is 8.96. The van der Waals surface area contributed by atoms with Gasteiger partial charge < -0.3 is 0 Å². The molecule has 2 saturated carbocycles. The third-order valence-electron chi connectivity index (χ3n) is 7.34. The van der Waals surface area contributed by atoms with Gasteiger partial charge in [-0.25, -0.2) is 43.9 Å². The molecular formula is C22H20F10S. The summed E-state index contributed by atoms with van der Waals surface area (Å²) >= 11 is -0.295. The molecule has 0 aliphatic heterocycles. The summed E-state index contributed by atoms with van der Waals surface area (Å²) in [6, 6.07) is 0. The standard InChI is InChI=1S/C22H20F10S/c23-11-13(25)17(29)21(18(30)14(11)26,9-5-1-2-6-9)33-22(10-7-3-4-8-10)19(31)15(27)12(24)16(28)20(22)32/h9-10,17,19H,1-8H2. The highest BCUT2D eigenvalue weighted by molar-refractivity contribution is 8.02. The van der Waals surface area contributed by atoms with E-state index in [0.717, 1.165) is 0 Å². The molecule has 0 bridgehead atoms. The van der Waals surface area contributed by atoms with Crippen LogP contribution in [0.3, 0.4) is 0 Å². The summed E-state index contributed by atoms with van der Waals surface area (Å²) in [6.45, 7) is 0. The van der Waals surface area contributed by atoms with Gasteiger partial charge in [0.25, 0.3) is 0 Å². The third-order valence-corrected chi connectivity index (χ3v) is 9.45. The summed E-state index contributed by atoms with van der Waals surface area (Å²) in [7, 11) is 0. The normalized spacial score (nSPS) is 37.3. The van der Waals surface area contributed by atoms with Gasteiger partial charge in [-0.05, 0) is 37.5 Å². The van der Waals surface area contributed by atoms with Crippen molar-refractivity contribution in [3.8, 4) is 0 Å². The van der Waals surface area contributed by atoms with E-state index in [0.29, 0.717) is 25.7 Å². The van der Waals surface area contributed by atoms with E-state index in [1.165, 1.54) is 0 Å². The van der Waals surface area contributed by atoms with Gasteiger partial charge >= 0.3 is 0 Å². The zero-order valence-electron chi connectivity index (χ0n) is 17.2. The molecule has 0 N–H and O–H groups in total. The van der Waals surface area contributed by atoms with Gasteiger partial charge in [0.2, 0.25) is 0 Å². The minimum Gasteiger partial charge on any atom is -0.238 e. The second kappa shape index (κ2) is 8.68. The first-order chi connectivity index (χ1) is 15.5. The van der Waals surface area contributed by atoms with Gasteiger partial charge in [-0.1, -0.05) is 25.7 Å². The highest BCUT2D eigenvalue weighted by atomic mass is 32.2. The molecule has 0 heterocycles. The molecule has 4 unspecified atom stereocenters. The zero-order valence-corrected chi connectivity index (χ0v) is 18.0. The number of halogens is 10. The van der Waals surface area contributed by atoms with Crippen molar-refractivity contribution < 1.29 is 43.9 Å². The lowest BCUT2D eigenvalue weighted by Crippen LogP contribution is -2.56. The molecule has 0 spiro atoms. The Labute approximate surface area is 187 Å². The summed E-state index contributed by atoms with van der Waals surface area (Å²) in [5.41, 5.74) is 0. The summed E-state index contributed by atoms with van der Waals surface area (Å²) in [5, 5.41) is 0. The Balaban J connectivity index is 1.97. The molecule has 4 rings (SSSR count). The van der Waals surface area contributed by atoms with Crippen LogP contribution < -0.4 is 0 Å². The first kappa shape index (κ1) is 24.7. The van der Waals surface area contributed by atoms with E-state index in [-0.39, 0.29) is 37.4 Å². The number of thioether (sulfide) groups is 1. The number of rotatable bonds is 4. The van der Waals surface area contributed by atoms with Crippen LogP contribution in [0.2, 0.25) is 0 Å². The van der Waals surface area contributed by atoms with Gasteiger partial charge in [0.1, 0.15) is 9.49 Å². The molecular weight excluding hydrogens is 486 g/mol. The van der Waals surface area contributed by atoms with Crippen LogP contribution in [0.5, 0.6) is 0 Å². The van der Waals surface area contributed by atoms with E-state index in [4.69, 9.17) is 0 Å². The summed E-state index contributed by atoms with van der Waals surface area (Å²) in [5.74, 6) is -20.9. The van der Waals surface area contributed by atoms with Gasteiger partial charge in [-0.15, -0.1) is 11.8 Å². The van der Waals surface area contributed by atoms with Crippen molar-refractivity contribution in [2.45, 2.75) is 73.2 Å². The summed E-state index contributed by atoms with van der Waals surface area (Å²) in [4.78, 5) is 0. The average molecular weight is 506 g/mol. The molecule has 0 aromatic rings. The maximum absolute atomic E-state index is 15.5. The highest BCUT2D eigenvalue weighted by Gasteiger charge is 2.67. The molecule has 4 aliphatic carbocycles. The fraction of sp³-hybridized carbons (Fsp3) is 0.636. The van der Waals surface area contributed by atoms with Crippen LogP contribution in [0.1, 0.15) is 51.4 Å². The number of hydrogen-bond acceptors (Lipinski definition) is 1. The van der Waals surface area contributed by atoms with E-state index < -0.39 is 80.3 Å². The Kier molecular flexibility index (Phi) is 6.50. The molecule has 0 aromatic carbocycles. The lowest BCUT2D eigenvalue weighted by molar-refractivity contribution is 0.161. The number of alkyl halides is 2. The molecule has 0 amide bonds. The van der Waals surface area contributed by atoms with Gasteiger partial charge in [0.05, 0.1) is 0 Å². The fourth-order valence-electron chi connectivity index (χ4n) is 5.69. The molecule has 4 aliphatic rings. The van der Waals surface area contributed by atoms with Crippen molar-refractivity contribution in [2.75, 3.05) is 0 Å². The molecule has 184 valence electrons. The van der Waals surface area contributed by atoms with E-state index in [9.17, 15) is 26.3 Å². The van der Waals surface area contributed by atoms with Crippen LogP contribution in [-0.4, -0.2) is 21.8 Å². The van der Waals surface area contributed by atoms with Crippen molar-refractivity contribution in [3.63, 3.8) is 0 Å². The molecule has 0 saturated heterocycles. The Morgan fingerprint density at radius 3 is 1.12 bits per heavy atom. The molecule has 33 heavy (non-hydrogen) atoms. The largest absolute Gasteiger partial charge is 0.238 e. The molecule has 4 atom stereocenters. The first-order valence-corrected chi connectivity index (χ1v) is 11.5. The monoisotopic (exact) mass is 506 g/mol. The Morgan fingerprint density at radius 2 is 0.818 bits per heavy atom.